The zero-order chi connectivity index (χ0) is 12.1. The van der Waals surface area contributed by atoms with E-state index in [9.17, 15) is 4.79 Å². The van der Waals surface area contributed by atoms with E-state index < -0.39 is 12.0 Å². The third-order valence-corrected chi connectivity index (χ3v) is 2.10. The molecule has 1 aromatic heterocycles. The van der Waals surface area contributed by atoms with Crippen molar-refractivity contribution in [2.75, 3.05) is 14.2 Å². The highest BCUT2D eigenvalue weighted by Crippen LogP contribution is 2.29. The van der Waals surface area contributed by atoms with Crippen LogP contribution in [0.3, 0.4) is 0 Å². The Kier molecular flexibility index (Phi) is 4.07. The van der Waals surface area contributed by atoms with Crippen LogP contribution in [0.4, 0.5) is 0 Å². The third kappa shape index (κ3) is 2.60. The second kappa shape index (κ2) is 5.32. The standard InChI is InChI=1S/C10H14N2O4/c1-15-8-3-4-12-7(9(8)16-2)5-6(11)10(13)14/h3-4,6H,5,11H2,1-2H3,(H,13,14)/t6-/m0/s1. The first-order chi connectivity index (χ1) is 7.60. The molecule has 1 heterocycles. The van der Waals surface area contributed by atoms with E-state index in [1.807, 2.05) is 0 Å². The van der Waals surface area contributed by atoms with Gasteiger partial charge in [0.2, 0.25) is 0 Å². The van der Waals surface area contributed by atoms with E-state index in [2.05, 4.69) is 4.98 Å². The fourth-order valence-electron chi connectivity index (χ4n) is 1.29. The number of carboxylic acid groups (broad SMARTS) is 1. The molecule has 0 spiro atoms. The number of methoxy groups -OCH3 is 2. The Hall–Kier alpha value is -1.82. The quantitative estimate of drug-likeness (QED) is 0.736. The number of ether oxygens (including phenoxy) is 2. The van der Waals surface area contributed by atoms with Crippen molar-refractivity contribution in [3.8, 4) is 11.5 Å². The van der Waals surface area contributed by atoms with Gasteiger partial charge in [0, 0.05) is 18.7 Å². The van der Waals surface area contributed by atoms with Gasteiger partial charge in [0.1, 0.15) is 6.04 Å². The molecular formula is C10H14N2O4. The first-order valence-electron chi connectivity index (χ1n) is 4.64. The summed E-state index contributed by atoms with van der Waals surface area (Å²) in [6.07, 6.45) is 1.61. The molecule has 0 amide bonds. The van der Waals surface area contributed by atoms with Gasteiger partial charge in [0.15, 0.2) is 11.5 Å². The van der Waals surface area contributed by atoms with E-state index in [0.717, 1.165) is 0 Å². The Morgan fingerprint density at radius 3 is 2.75 bits per heavy atom. The molecule has 0 bridgehead atoms. The van der Waals surface area contributed by atoms with Crippen molar-refractivity contribution < 1.29 is 19.4 Å². The zero-order valence-electron chi connectivity index (χ0n) is 9.14. The minimum Gasteiger partial charge on any atom is -0.493 e. The number of carbonyl (C=O) groups is 1. The maximum Gasteiger partial charge on any atom is 0.320 e. The summed E-state index contributed by atoms with van der Waals surface area (Å²) >= 11 is 0. The Bertz CT molecular complexity index is 381. The number of aromatic nitrogens is 1. The van der Waals surface area contributed by atoms with Gasteiger partial charge in [-0.25, -0.2) is 0 Å². The van der Waals surface area contributed by atoms with Crippen LogP contribution in [0, 0.1) is 0 Å². The van der Waals surface area contributed by atoms with Gasteiger partial charge in [-0.3, -0.25) is 9.78 Å². The highest BCUT2D eigenvalue weighted by atomic mass is 16.5. The zero-order valence-corrected chi connectivity index (χ0v) is 9.14. The smallest absolute Gasteiger partial charge is 0.320 e. The minimum absolute atomic E-state index is 0.0930. The molecule has 6 heteroatoms. The predicted molar refractivity (Wildman–Crippen MR) is 56.7 cm³/mol. The van der Waals surface area contributed by atoms with E-state index in [0.29, 0.717) is 17.2 Å². The maximum atomic E-state index is 10.6. The molecule has 0 saturated heterocycles. The molecule has 0 saturated carbocycles. The number of hydrogen-bond donors (Lipinski definition) is 2. The van der Waals surface area contributed by atoms with Crippen molar-refractivity contribution in [1.29, 1.82) is 0 Å². The van der Waals surface area contributed by atoms with E-state index in [1.165, 1.54) is 20.4 Å². The average molecular weight is 226 g/mol. The Balaban J connectivity index is 2.99. The van der Waals surface area contributed by atoms with Crippen molar-refractivity contribution in [2.45, 2.75) is 12.5 Å². The van der Waals surface area contributed by atoms with Crippen molar-refractivity contribution in [3.63, 3.8) is 0 Å². The van der Waals surface area contributed by atoms with Gasteiger partial charge in [0.05, 0.1) is 19.9 Å². The second-order valence-electron chi connectivity index (χ2n) is 3.14. The number of hydrogen-bond acceptors (Lipinski definition) is 5. The molecule has 3 N–H and O–H groups in total. The molecule has 0 fully saturated rings. The lowest BCUT2D eigenvalue weighted by atomic mass is 10.1. The molecule has 0 aromatic carbocycles. The molecule has 0 aliphatic rings. The summed E-state index contributed by atoms with van der Waals surface area (Å²) < 4.78 is 10.2. The molecule has 16 heavy (non-hydrogen) atoms. The van der Waals surface area contributed by atoms with Crippen molar-refractivity contribution in [1.82, 2.24) is 4.98 Å². The van der Waals surface area contributed by atoms with Gasteiger partial charge in [-0.2, -0.15) is 0 Å². The molecule has 88 valence electrons. The lowest BCUT2D eigenvalue weighted by molar-refractivity contribution is -0.138. The van der Waals surface area contributed by atoms with Crippen LogP contribution in [-0.2, 0) is 11.2 Å². The van der Waals surface area contributed by atoms with Crippen LogP contribution < -0.4 is 15.2 Å². The first-order valence-corrected chi connectivity index (χ1v) is 4.64. The topological polar surface area (TPSA) is 94.7 Å². The van der Waals surface area contributed by atoms with Crippen molar-refractivity contribution >= 4 is 5.97 Å². The van der Waals surface area contributed by atoms with E-state index in [-0.39, 0.29) is 6.42 Å². The number of carboxylic acids is 1. The molecule has 0 radical (unpaired) electrons. The molecular weight excluding hydrogens is 212 g/mol. The summed E-state index contributed by atoms with van der Waals surface area (Å²) in [5.74, 6) is -0.154. The monoisotopic (exact) mass is 226 g/mol. The molecule has 1 aromatic rings. The highest BCUT2D eigenvalue weighted by Gasteiger charge is 2.18. The summed E-state index contributed by atoms with van der Waals surface area (Å²) in [5.41, 5.74) is 5.90. The van der Waals surface area contributed by atoms with E-state index in [4.69, 9.17) is 20.3 Å². The fraction of sp³-hybridized carbons (Fsp3) is 0.400. The van der Waals surface area contributed by atoms with Gasteiger partial charge in [-0.1, -0.05) is 0 Å². The minimum atomic E-state index is -1.08. The van der Waals surface area contributed by atoms with Crippen LogP contribution in [0.15, 0.2) is 12.3 Å². The van der Waals surface area contributed by atoms with Crippen molar-refractivity contribution in [2.24, 2.45) is 5.73 Å². The average Bonchev–Trinajstić information content (AvgIpc) is 2.28. The fourth-order valence-corrected chi connectivity index (χ4v) is 1.29. The number of nitrogens with two attached hydrogens (primary N) is 1. The highest BCUT2D eigenvalue weighted by molar-refractivity contribution is 5.73. The molecule has 6 nitrogen and oxygen atoms in total. The van der Waals surface area contributed by atoms with E-state index >= 15 is 0 Å². The van der Waals surface area contributed by atoms with Crippen LogP contribution in [0.2, 0.25) is 0 Å². The Morgan fingerprint density at radius 1 is 1.56 bits per heavy atom. The Labute approximate surface area is 93.0 Å². The SMILES string of the molecule is COc1ccnc(C[C@H](N)C(=O)O)c1OC. The predicted octanol–water partition coefficient (Wildman–Crippen LogP) is 0.0532. The summed E-state index contributed by atoms with van der Waals surface area (Å²) in [6.45, 7) is 0. The molecule has 0 aliphatic carbocycles. The van der Waals surface area contributed by atoms with Crippen LogP contribution in [0.5, 0.6) is 11.5 Å². The largest absolute Gasteiger partial charge is 0.493 e. The van der Waals surface area contributed by atoms with E-state index in [1.54, 1.807) is 6.07 Å². The summed E-state index contributed by atoms with van der Waals surface area (Å²) in [4.78, 5) is 14.7. The van der Waals surface area contributed by atoms with Crippen LogP contribution in [-0.4, -0.2) is 36.3 Å². The summed E-state index contributed by atoms with van der Waals surface area (Å²) in [7, 11) is 2.97. The van der Waals surface area contributed by atoms with Crippen LogP contribution in [0.25, 0.3) is 0 Å². The van der Waals surface area contributed by atoms with Gasteiger partial charge in [-0.05, 0) is 0 Å². The number of pyridine rings is 1. The molecule has 0 aliphatic heterocycles. The van der Waals surface area contributed by atoms with Gasteiger partial charge in [0.25, 0.3) is 0 Å². The maximum absolute atomic E-state index is 10.6. The normalized spacial score (nSPS) is 11.9. The van der Waals surface area contributed by atoms with Crippen molar-refractivity contribution in [3.05, 3.63) is 18.0 Å². The lowest BCUT2D eigenvalue weighted by Gasteiger charge is -2.12. The summed E-state index contributed by atoms with van der Waals surface area (Å²) in [6, 6.07) is 0.628. The second-order valence-corrected chi connectivity index (χ2v) is 3.14. The Morgan fingerprint density at radius 2 is 2.25 bits per heavy atom. The van der Waals surface area contributed by atoms with Gasteiger partial charge >= 0.3 is 5.97 Å². The van der Waals surface area contributed by atoms with Gasteiger partial charge < -0.3 is 20.3 Å². The summed E-state index contributed by atoms with van der Waals surface area (Å²) in [5, 5.41) is 8.71. The number of nitrogens with zero attached hydrogens (tertiary/aromatic N) is 1. The first kappa shape index (κ1) is 12.3. The van der Waals surface area contributed by atoms with Gasteiger partial charge in [-0.15, -0.1) is 0 Å². The van der Waals surface area contributed by atoms with Crippen LogP contribution in [0.1, 0.15) is 5.69 Å². The molecule has 1 atom stereocenters. The molecule has 0 unspecified atom stereocenters. The third-order valence-electron chi connectivity index (χ3n) is 2.10. The molecule has 1 rings (SSSR count). The number of aliphatic carboxylic acids is 1. The number of rotatable bonds is 5. The van der Waals surface area contributed by atoms with Crippen LogP contribution >= 0.6 is 0 Å². The lowest BCUT2D eigenvalue weighted by Crippen LogP contribution is -2.32.